The molecule has 7 heteroatoms. The van der Waals surface area contributed by atoms with Crippen LogP contribution < -0.4 is 10.3 Å². The van der Waals surface area contributed by atoms with Crippen molar-refractivity contribution in [2.24, 2.45) is 0 Å². The third kappa shape index (κ3) is 6.89. The molecule has 0 atom stereocenters. The number of hydrogen-bond acceptors (Lipinski definition) is 5. The Bertz CT molecular complexity index is 662. The van der Waals surface area contributed by atoms with Crippen LogP contribution in [0.25, 0.3) is 0 Å². The zero-order valence-electron chi connectivity index (χ0n) is 12.9. The minimum atomic E-state index is -0.0911. The molecule has 1 heterocycles. The van der Waals surface area contributed by atoms with Gasteiger partial charge in [0, 0.05) is 22.6 Å². The van der Waals surface area contributed by atoms with E-state index in [1.807, 2.05) is 12.1 Å². The predicted octanol–water partition coefficient (Wildman–Crippen LogP) is 4.24. The van der Waals surface area contributed by atoms with Crippen molar-refractivity contribution < 1.29 is 4.74 Å². The van der Waals surface area contributed by atoms with E-state index in [4.69, 9.17) is 16.3 Å². The topological polar surface area (TPSA) is 55.0 Å². The Kier molecular flexibility index (Phi) is 7.85. The Morgan fingerprint density at radius 1 is 1.30 bits per heavy atom. The van der Waals surface area contributed by atoms with Gasteiger partial charge in [-0.3, -0.25) is 4.79 Å². The fraction of sp³-hybridized carbons (Fsp3) is 0.375. The average molecular weight is 371 g/mol. The summed E-state index contributed by atoms with van der Waals surface area (Å²) in [5.74, 6) is 3.43. The molecule has 0 unspecified atom stereocenters. The van der Waals surface area contributed by atoms with Crippen LogP contribution in [0.1, 0.15) is 19.0 Å². The summed E-state index contributed by atoms with van der Waals surface area (Å²) in [6, 6.07) is 8.88. The first-order valence-corrected chi connectivity index (χ1v) is 9.88. The molecule has 0 bridgehead atoms. The van der Waals surface area contributed by atoms with Crippen LogP contribution in [0.15, 0.2) is 40.3 Å². The monoisotopic (exact) mass is 370 g/mol. The maximum Gasteiger partial charge on any atom is 0.251 e. The molecular formula is C16H19ClN2O2S2. The van der Waals surface area contributed by atoms with Crippen LogP contribution in [-0.2, 0) is 5.75 Å². The summed E-state index contributed by atoms with van der Waals surface area (Å²) in [7, 11) is 0. The molecule has 1 aromatic heterocycles. The van der Waals surface area contributed by atoms with Gasteiger partial charge in [0.05, 0.1) is 12.3 Å². The van der Waals surface area contributed by atoms with E-state index in [-0.39, 0.29) is 5.56 Å². The summed E-state index contributed by atoms with van der Waals surface area (Å²) in [5, 5.41) is 1.37. The molecule has 1 N–H and O–H groups in total. The average Bonchev–Trinajstić information content (AvgIpc) is 2.54. The van der Waals surface area contributed by atoms with Crippen molar-refractivity contribution in [3.63, 3.8) is 0 Å². The van der Waals surface area contributed by atoms with Crippen LogP contribution in [0.2, 0.25) is 5.02 Å². The van der Waals surface area contributed by atoms with Crippen LogP contribution in [0.3, 0.4) is 0 Å². The Morgan fingerprint density at radius 2 is 2.09 bits per heavy atom. The van der Waals surface area contributed by atoms with E-state index in [1.165, 1.54) is 0 Å². The molecule has 0 aliphatic heterocycles. The molecule has 0 saturated heterocycles. The lowest BCUT2D eigenvalue weighted by molar-refractivity contribution is 0.318. The number of rotatable bonds is 9. The number of ether oxygens (including phenoxy) is 1. The van der Waals surface area contributed by atoms with E-state index in [1.54, 1.807) is 41.7 Å². The van der Waals surface area contributed by atoms with Gasteiger partial charge in [0.15, 0.2) is 5.16 Å². The number of aromatic amines is 1. The quantitative estimate of drug-likeness (QED) is 0.406. The number of nitrogens with one attached hydrogen (secondary N) is 1. The molecule has 0 spiro atoms. The Hall–Kier alpha value is -1.11. The third-order valence-electron chi connectivity index (χ3n) is 2.84. The highest BCUT2D eigenvalue weighted by Crippen LogP contribution is 2.17. The van der Waals surface area contributed by atoms with E-state index >= 15 is 0 Å². The zero-order valence-corrected chi connectivity index (χ0v) is 15.3. The first-order chi connectivity index (χ1) is 11.2. The first kappa shape index (κ1) is 18.2. The minimum Gasteiger partial charge on any atom is -0.494 e. The summed E-state index contributed by atoms with van der Waals surface area (Å²) in [5.41, 5.74) is 0.743. The van der Waals surface area contributed by atoms with Gasteiger partial charge in [-0.15, -0.1) is 0 Å². The number of halogens is 1. The number of nitrogens with zero attached hydrogens (tertiary/aromatic N) is 1. The smallest absolute Gasteiger partial charge is 0.251 e. The molecule has 0 fully saturated rings. The molecule has 2 rings (SSSR count). The van der Waals surface area contributed by atoms with Gasteiger partial charge >= 0.3 is 0 Å². The highest BCUT2D eigenvalue weighted by molar-refractivity contribution is 7.99. The van der Waals surface area contributed by atoms with Crippen LogP contribution in [0.5, 0.6) is 5.75 Å². The van der Waals surface area contributed by atoms with E-state index in [0.717, 1.165) is 35.1 Å². The van der Waals surface area contributed by atoms with Crippen molar-refractivity contribution in [1.29, 1.82) is 0 Å². The first-order valence-electron chi connectivity index (χ1n) is 7.36. The maximum atomic E-state index is 11.6. The number of aromatic nitrogens is 2. The van der Waals surface area contributed by atoms with Crippen molar-refractivity contribution in [1.82, 2.24) is 9.97 Å². The van der Waals surface area contributed by atoms with E-state index in [2.05, 4.69) is 16.9 Å². The summed E-state index contributed by atoms with van der Waals surface area (Å²) < 4.78 is 5.63. The second-order valence-corrected chi connectivity index (χ2v) is 7.48. The second kappa shape index (κ2) is 9.90. The van der Waals surface area contributed by atoms with Gasteiger partial charge in [0.1, 0.15) is 5.75 Å². The number of hydrogen-bond donors (Lipinski definition) is 1. The molecule has 2 aromatic rings. The molecule has 124 valence electrons. The second-order valence-electron chi connectivity index (χ2n) is 4.68. The largest absolute Gasteiger partial charge is 0.494 e. The predicted molar refractivity (Wildman–Crippen MR) is 99.0 cm³/mol. The van der Waals surface area contributed by atoms with Gasteiger partial charge in [-0.2, -0.15) is 11.8 Å². The SMILES string of the molecule is CCSCc1cc(=O)[nH]c(SCCCOc2ccc(Cl)cc2)n1. The maximum absolute atomic E-state index is 11.6. The Morgan fingerprint density at radius 3 is 2.83 bits per heavy atom. The molecular weight excluding hydrogens is 352 g/mol. The fourth-order valence-electron chi connectivity index (χ4n) is 1.78. The highest BCUT2D eigenvalue weighted by atomic mass is 35.5. The molecule has 0 aliphatic carbocycles. The number of thioether (sulfide) groups is 2. The molecule has 0 radical (unpaired) electrons. The Labute approximate surface area is 149 Å². The number of benzene rings is 1. The van der Waals surface area contributed by atoms with Gasteiger partial charge < -0.3 is 9.72 Å². The summed E-state index contributed by atoms with van der Waals surface area (Å²) in [6.45, 7) is 2.71. The van der Waals surface area contributed by atoms with Crippen LogP contribution >= 0.6 is 35.1 Å². The van der Waals surface area contributed by atoms with Gasteiger partial charge in [0.25, 0.3) is 5.56 Å². The standard InChI is InChI=1S/C16H19ClN2O2S2/c1-2-22-11-13-10-15(20)19-16(18-13)23-9-3-8-21-14-6-4-12(17)5-7-14/h4-7,10H,2-3,8-9,11H2,1H3,(H,18,19,20). The molecule has 0 amide bonds. The van der Waals surface area contributed by atoms with Crippen molar-refractivity contribution in [2.45, 2.75) is 24.3 Å². The molecule has 0 aliphatic rings. The van der Waals surface area contributed by atoms with Gasteiger partial charge in [-0.25, -0.2) is 4.98 Å². The Balaban J connectivity index is 1.74. The van der Waals surface area contributed by atoms with Crippen molar-refractivity contribution in [2.75, 3.05) is 18.1 Å². The third-order valence-corrected chi connectivity index (χ3v) is 4.96. The lowest BCUT2D eigenvalue weighted by Gasteiger charge is -2.06. The molecule has 23 heavy (non-hydrogen) atoms. The van der Waals surface area contributed by atoms with Crippen LogP contribution in [0, 0.1) is 0 Å². The van der Waals surface area contributed by atoms with Crippen LogP contribution in [-0.4, -0.2) is 28.1 Å². The molecule has 0 saturated carbocycles. The van der Waals surface area contributed by atoms with Crippen molar-refractivity contribution >= 4 is 35.1 Å². The normalized spacial score (nSPS) is 10.7. The lowest BCUT2D eigenvalue weighted by Crippen LogP contribution is -2.10. The van der Waals surface area contributed by atoms with E-state index in [9.17, 15) is 4.79 Å². The fourth-order valence-corrected chi connectivity index (χ4v) is 3.28. The summed E-state index contributed by atoms with van der Waals surface area (Å²) in [6.07, 6.45) is 0.866. The zero-order chi connectivity index (χ0) is 16.5. The lowest BCUT2D eigenvalue weighted by atomic mass is 10.3. The van der Waals surface area contributed by atoms with Crippen molar-refractivity contribution in [3.05, 3.63) is 51.4 Å². The van der Waals surface area contributed by atoms with Gasteiger partial charge in [0.2, 0.25) is 0 Å². The van der Waals surface area contributed by atoms with Crippen molar-refractivity contribution in [3.8, 4) is 5.75 Å². The van der Waals surface area contributed by atoms with E-state index in [0.29, 0.717) is 16.8 Å². The van der Waals surface area contributed by atoms with Gasteiger partial charge in [-0.1, -0.05) is 30.3 Å². The van der Waals surface area contributed by atoms with E-state index < -0.39 is 0 Å². The highest BCUT2D eigenvalue weighted by Gasteiger charge is 2.03. The van der Waals surface area contributed by atoms with Gasteiger partial charge in [-0.05, 0) is 36.4 Å². The summed E-state index contributed by atoms with van der Waals surface area (Å²) in [4.78, 5) is 18.9. The van der Waals surface area contributed by atoms with Crippen LogP contribution in [0.4, 0.5) is 0 Å². The molecule has 4 nitrogen and oxygen atoms in total. The molecule has 1 aromatic carbocycles. The minimum absolute atomic E-state index is 0.0911. The number of H-pyrrole nitrogens is 1. The summed E-state index contributed by atoms with van der Waals surface area (Å²) >= 11 is 9.12.